The molecule has 4 nitrogen and oxygen atoms in total. The monoisotopic (exact) mass is 433 g/mol. The standard InChI is InChI=1S/C29H23NO3/c1-3-19-9-11-21(12-10-19)29(32)25-17-27(20-7-5-4-6-8-20)30-26-14-13-24(33-2)16-22(26)15-23(18-31)28(25)30/h4-18H,3H2,1-2H3. The summed E-state index contributed by atoms with van der Waals surface area (Å²) in [7, 11) is 1.62. The van der Waals surface area contributed by atoms with E-state index >= 15 is 0 Å². The number of carbonyl (C=O) groups excluding carboxylic acids is 2. The lowest BCUT2D eigenvalue weighted by molar-refractivity contribution is 0.104. The van der Waals surface area contributed by atoms with Crippen LogP contribution in [0, 0.1) is 0 Å². The van der Waals surface area contributed by atoms with Gasteiger partial charge in [-0.15, -0.1) is 0 Å². The predicted molar refractivity (Wildman–Crippen MR) is 132 cm³/mol. The fourth-order valence-electron chi connectivity index (χ4n) is 4.39. The van der Waals surface area contributed by atoms with Crippen molar-refractivity contribution < 1.29 is 14.3 Å². The summed E-state index contributed by atoms with van der Waals surface area (Å²) in [4.78, 5) is 25.9. The van der Waals surface area contributed by atoms with Crippen molar-refractivity contribution >= 4 is 28.5 Å². The number of benzene rings is 3. The molecule has 33 heavy (non-hydrogen) atoms. The molecule has 0 aliphatic heterocycles. The molecule has 2 heterocycles. The number of aromatic nitrogens is 1. The average molecular weight is 434 g/mol. The van der Waals surface area contributed by atoms with Crippen LogP contribution in [0.5, 0.6) is 5.75 Å². The van der Waals surface area contributed by atoms with E-state index in [9.17, 15) is 9.59 Å². The molecule has 0 N–H and O–H groups in total. The summed E-state index contributed by atoms with van der Waals surface area (Å²) >= 11 is 0. The Kier molecular flexibility index (Phi) is 5.27. The van der Waals surface area contributed by atoms with Crippen molar-refractivity contribution in [2.45, 2.75) is 13.3 Å². The first-order valence-corrected chi connectivity index (χ1v) is 10.9. The Hall–Kier alpha value is -4.18. The zero-order chi connectivity index (χ0) is 22.9. The van der Waals surface area contributed by atoms with Crippen LogP contribution >= 0.6 is 0 Å². The summed E-state index contributed by atoms with van der Waals surface area (Å²) in [5.74, 6) is 0.604. The Labute approximate surface area is 192 Å². The van der Waals surface area contributed by atoms with Gasteiger partial charge in [-0.3, -0.25) is 9.59 Å². The maximum absolute atomic E-state index is 13.7. The summed E-state index contributed by atoms with van der Waals surface area (Å²) in [6, 6.07) is 27.1. The van der Waals surface area contributed by atoms with E-state index in [4.69, 9.17) is 4.74 Å². The highest BCUT2D eigenvalue weighted by Crippen LogP contribution is 2.34. The average Bonchev–Trinajstić information content (AvgIpc) is 3.29. The van der Waals surface area contributed by atoms with Gasteiger partial charge in [0.25, 0.3) is 0 Å². The second-order valence-electron chi connectivity index (χ2n) is 8.02. The third kappa shape index (κ3) is 3.50. The third-order valence-electron chi connectivity index (χ3n) is 6.13. The normalized spacial score (nSPS) is 11.1. The zero-order valence-electron chi connectivity index (χ0n) is 18.5. The smallest absolute Gasteiger partial charge is 0.195 e. The molecule has 0 aliphatic carbocycles. The van der Waals surface area contributed by atoms with Gasteiger partial charge < -0.3 is 9.14 Å². The summed E-state index contributed by atoms with van der Waals surface area (Å²) in [6.07, 6.45) is 1.73. The minimum atomic E-state index is -0.103. The molecule has 162 valence electrons. The van der Waals surface area contributed by atoms with Gasteiger partial charge in [-0.1, -0.05) is 61.5 Å². The van der Waals surface area contributed by atoms with Crippen LogP contribution in [0.1, 0.15) is 38.8 Å². The molecule has 5 aromatic rings. The van der Waals surface area contributed by atoms with Crippen LogP contribution in [0.3, 0.4) is 0 Å². The number of rotatable bonds is 6. The third-order valence-corrected chi connectivity index (χ3v) is 6.13. The maximum Gasteiger partial charge on any atom is 0.195 e. The molecule has 0 aliphatic rings. The second-order valence-corrected chi connectivity index (χ2v) is 8.02. The van der Waals surface area contributed by atoms with Crippen molar-refractivity contribution in [3.05, 3.63) is 107 Å². The van der Waals surface area contributed by atoms with Crippen molar-refractivity contribution in [3.8, 4) is 17.0 Å². The van der Waals surface area contributed by atoms with Crippen molar-refractivity contribution in [3.63, 3.8) is 0 Å². The van der Waals surface area contributed by atoms with Gasteiger partial charge in [0.15, 0.2) is 12.1 Å². The number of hydrogen-bond acceptors (Lipinski definition) is 3. The molecule has 0 radical (unpaired) electrons. The van der Waals surface area contributed by atoms with E-state index in [1.807, 2.05) is 89.3 Å². The first-order chi connectivity index (χ1) is 16.1. The van der Waals surface area contributed by atoms with Crippen LogP contribution in [-0.4, -0.2) is 23.6 Å². The second kappa shape index (κ2) is 8.40. The largest absolute Gasteiger partial charge is 0.497 e. The van der Waals surface area contributed by atoms with E-state index in [0.29, 0.717) is 28.0 Å². The highest BCUT2D eigenvalue weighted by molar-refractivity contribution is 6.17. The minimum absolute atomic E-state index is 0.103. The fraction of sp³-hybridized carbons (Fsp3) is 0.103. The van der Waals surface area contributed by atoms with Gasteiger partial charge >= 0.3 is 0 Å². The molecule has 0 saturated heterocycles. The molecule has 0 bridgehead atoms. The van der Waals surface area contributed by atoms with E-state index in [2.05, 4.69) is 6.92 Å². The van der Waals surface area contributed by atoms with Crippen LogP contribution < -0.4 is 4.74 Å². The van der Waals surface area contributed by atoms with Crippen molar-refractivity contribution in [2.24, 2.45) is 0 Å². The lowest BCUT2D eigenvalue weighted by Gasteiger charge is -2.11. The molecule has 4 heteroatoms. The maximum atomic E-state index is 13.7. The number of fused-ring (bicyclic) bond motifs is 3. The topological polar surface area (TPSA) is 47.8 Å². The molecule has 0 amide bonds. The van der Waals surface area contributed by atoms with E-state index in [-0.39, 0.29) is 5.78 Å². The first kappa shape index (κ1) is 20.7. The van der Waals surface area contributed by atoms with E-state index in [1.54, 1.807) is 7.11 Å². The SMILES string of the molecule is CCc1ccc(C(=O)c2cc(-c3ccccc3)n3c2c(C=O)cc2cc(OC)ccc23)cc1. The highest BCUT2D eigenvalue weighted by Gasteiger charge is 2.22. The molecule has 0 fully saturated rings. The summed E-state index contributed by atoms with van der Waals surface area (Å²) < 4.78 is 7.41. The Morgan fingerprint density at radius 3 is 2.36 bits per heavy atom. The number of aldehydes is 1. The number of ketones is 1. The Morgan fingerprint density at radius 2 is 1.70 bits per heavy atom. The number of carbonyl (C=O) groups is 2. The van der Waals surface area contributed by atoms with Gasteiger partial charge in [0, 0.05) is 22.1 Å². The van der Waals surface area contributed by atoms with Crippen LogP contribution in [0.25, 0.3) is 27.7 Å². The van der Waals surface area contributed by atoms with Gasteiger partial charge in [-0.05, 0) is 47.9 Å². The number of hydrogen-bond donors (Lipinski definition) is 0. The molecule has 3 aromatic carbocycles. The van der Waals surface area contributed by atoms with Crippen LogP contribution in [0.2, 0.25) is 0 Å². The van der Waals surface area contributed by atoms with Crippen molar-refractivity contribution in [1.29, 1.82) is 0 Å². The molecule has 0 unspecified atom stereocenters. The minimum Gasteiger partial charge on any atom is -0.497 e. The molecule has 0 atom stereocenters. The lowest BCUT2D eigenvalue weighted by atomic mass is 10.00. The molecule has 0 saturated carbocycles. The van der Waals surface area contributed by atoms with Gasteiger partial charge in [0.2, 0.25) is 0 Å². The van der Waals surface area contributed by atoms with Crippen LogP contribution in [0.15, 0.2) is 84.9 Å². The lowest BCUT2D eigenvalue weighted by Crippen LogP contribution is -2.03. The quantitative estimate of drug-likeness (QED) is 0.231. The highest BCUT2D eigenvalue weighted by atomic mass is 16.5. The number of pyridine rings is 1. The first-order valence-electron chi connectivity index (χ1n) is 10.9. The number of ether oxygens (including phenoxy) is 1. The van der Waals surface area contributed by atoms with Gasteiger partial charge in [0.05, 0.1) is 23.8 Å². The number of nitrogens with zero attached hydrogens (tertiary/aromatic N) is 1. The molecule has 0 spiro atoms. The summed E-state index contributed by atoms with van der Waals surface area (Å²) in [5, 5.41) is 0.864. The predicted octanol–water partition coefficient (Wildman–Crippen LogP) is 6.37. The number of methoxy groups -OCH3 is 1. The van der Waals surface area contributed by atoms with Gasteiger partial charge in [-0.2, -0.15) is 0 Å². The Morgan fingerprint density at radius 1 is 0.939 bits per heavy atom. The van der Waals surface area contributed by atoms with Crippen molar-refractivity contribution in [1.82, 2.24) is 4.40 Å². The molecule has 5 rings (SSSR count). The van der Waals surface area contributed by atoms with Crippen LogP contribution in [0.4, 0.5) is 0 Å². The Balaban J connectivity index is 1.85. The summed E-state index contributed by atoms with van der Waals surface area (Å²) in [6.45, 7) is 2.08. The molecular formula is C29H23NO3. The fourth-order valence-corrected chi connectivity index (χ4v) is 4.39. The summed E-state index contributed by atoms with van der Waals surface area (Å²) in [5.41, 5.74) is 6.09. The van der Waals surface area contributed by atoms with Crippen molar-refractivity contribution in [2.75, 3.05) is 7.11 Å². The Bertz CT molecular complexity index is 1500. The van der Waals surface area contributed by atoms with E-state index in [0.717, 1.165) is 34.9 Å². The zero-order valence-corrected chi connectivity index (χ0v) is 18.5. The number of aryl methyl sites for hydroxylation is 1. The molecule has 2 aromatic heterocycles. The van der Waals surface area contributed by atoms with Crippen LogP contribution in [-0.2, 0) is 6.42 Å². The van der Waals surface area contributed by atoms with Gasteiger partial charge in [0.1, 0.15) is 5.75 Å². The van der Waals surface area contributed by atoms with E-state index < -0.39 is 0 Å². The van der Waals surface area contributed by atoms with Gasteiger partial charge in [-0.25, -0.2) is 0 Å². The molecular weight excluding hydrogens is 410 g/mol. The van der Waals surface area contributed by atoms with E-state index in [1.165, 1.54) is 5.56 Å².